The maximum Gasteiger partial charge on any atom is 0.312 e. The number of amides is 2. The summed E-state index contributed by atoms with van der Waals surface area (Å²) in [5.41, 5.74) is 4.94. The Morgan fingerprint density at radius 2 is 1.50 bits per heavy atom. The highest BCUT2D eigenvalue weighted by Gasteiger charge is 1.92. The summed E-state index contributed by atoms with van der Waals surface area (Å²) in [6, 6.07) is -0.409. The summed E-state index contributed by atoms with van der Waals surface area (Å²) in [5.74, 6) is 0. The molecule has 0 saturated carbocycles. The van der Waals surface area contributed by atoms with Gasteiger partial charge in [0, 0.05) is 6.54 Å². The lowest BCUT2D eigenvalue weighted by molar-refractivity contribution is 0.248. The zero-order valence-corrected chi connectivity index (χ0v) is 9.35. The van der Waals surface area contributed by atoms with Gasteiger partial charge in [-0.1, -0.05) is 51.9 Å². The van der Waals surface area contributed by atoms with Crippen LogP contribution in [0.5, 0.6) is 0 Å². The molecule has 0 heterocycles. The van der Waals surface area contributed by atoms with Gasteiger partial charge in [-0.25, -0.2) is 4.79 Å². The highest BCUT2D eigenvalue weighted by molar-refractivity contribution is 5.71. The third-order valence-electron chi connectivity index (χ3n) is 2.33. The molecule has 0 aromatic heterocycles. The molecule has 0 aromatic carbocycles. The van der Waals surface area contributed by atoms with Crippen LogP contribution in [-0.4, -0.2) is 12.6 Å². The maximum atomic E-state index is 10.3. The van der Waals surface area contributed by atoms with E-state index in [1.165, 1.54) is 44.9 Å². The van der Waals surface area contributed by atoms with Gasteiger partial charge in [0.05, 0.1) is 0 Å². The van der Waals surface area contributed by atoms with Crippen LogP contribution in [0.15, 0.2) is 0 Å². The zero-order valence-electron chi connectivity index (χ0n) is 9.35. The van der Waals surface area contributed by atoms with Gasteiger partial charge >= 0.3 is 6.03 Å². The number of primary amides is 1. The fourth-order valence-corrected chi connectivity index (χ4v) is 1.47. The third-order valence-corrected chi connectivity index (χ3v) is 2.33. The number of rotatable bonds is 9. The first kappa shape index (κ1) is 13.3. The van der Waals surface area contributed by atoms with E-state index in [1.54, 1.807) is 0 Å². The van der Waals surface area contributed by atoms with Gasteiger partial charge in [-0.2, -0.15) is 0 Å². The van der Waals surface area contributed by atoms with Crippen molar-refractivity contribution in [2.75, 3.05) is 6.54 Å². The van der Waals surface area contributed by atoms with Crippen molar-refractivity contribution >= 4 is 6.03 Å². The average molecular weight is 200 g/mol. The predicted molar refractivity (Wildman–Crippen MR) is 60.2 cm³/mol. The Kier molecular flexibility index (Phi) is 9.81. The molecule has 3 N–H and O–H groups in total. The monoisotopic (exact) mass is 200 g/mol. The van der Waals surface area contributed by atoms with Crippen LogP contribution < -0.4 is 11.1 Å². The Labute approximate surface area is 87.4 Å². The van der Waals surface area contributed by atoms with E-state index in [9.17, 15) is 4.79 Å². The summed E-state index contributed by atoms with van der Waals surface area (Å²) < 4.78 is 0. The average Bonchev–Trinajstić information content (AvgIpc) is 2.15. The molecule has 0 spiro atoms. The number of nitrogens with two attached hydrogens (primary N) is 1. The van der Waals surface area contributed by atoms with E-state index in [-0.39, 0.29) is 0 Å². The minimum absolute atomic E-state index is 0.409. The molecule has 0 radical (unpaired) electrons. The fraction of sp³-hybridized carbons (Fsp3) is 0.909. The van der Waals surface area contributed by atoms with Gasteiger partial charge in [0.1, 0.15) is 0 Å². The smallest absolute Gasteiger partial charge is 0.312 e. The number of unbranched alkanes of at least 4 members (excludes halogenated alkanes) is 7. The number of nitrogens with one attached hydrogen (secondary N) is 1. The largest absolute Gasteiger partial charge is 0.352 e. The van der Waals surface area contributed by atoms with Crippen molar-refractivity contribution in [1.82, 2.24) is 5.32 Å². The number of carbonyl (C=O) groups is 1. The quantitative estimate of drug-likeness (QED) is 0.552. The van der Waals surface area contributed by atoms with E-state index in [0.29, 0.717) is 0 Å². The Hall–Kier alpha value is -0.730. The summed E-state index contributed by atoms with van der Waals surface area (Å²) in [4.78, 5) is 10.3. The van der Waals surface area contributed by atoms with Crippen LogP contribution in [0.4, 0.5) is 4.79 Å². The van der Waals surface area contributed by atoms with Gasteiger partial charge in [-0.15, -0.1) is 0 Å². The van der Waals surface area contributed by atoms with Crippen LogP contribution >= 0.6 is 0 Å². The van der Waals surface area contributed by atoms with Crippen LogP contribution in [0, 0.1) is 0 Å². The SMILES string of the molecule is CCCCCCCCCCNC(N)=O. The highest BCUT2D eigenvalue weighted by Crippen LogP contribution is 2.07. The van der Waals surface area contributed by atoms with Crippen molar-refractivity contribution in [3.63, 3.8) is 0 Å². The maximum absolute atomic E-state index is 10.3. The second-order valence-electron chi connectivity index (χ2n) is 3.77. The Balaban J connectivity index is 2.88. The summed E-state index contributed by atoms with van der Waals surface area (Å²) in [7, 11) is 0. The summed E-state index contributed by atoms with van der Waals surface area (Å²) >= 11 is 0. The first-order chi connectivity index (χ1) is 6.77. The van der Waals surface area contributed by atoms with E-state index in [4.69, 9.17) is 5.73 Å². The number of hydrogen-bond acceptors (Lipinski definition) is 1. The molecule has 84 valence electrons. The molecule has 0 saturated heterocycles. The molecule has 3 heteroatoms. The van der Waals surface area contributed by atoms with Gasteiger partial charge in [-0.05, 0) is 6.42 Å². The second kappa shape index (κ2) is 10.4. The van der Waals surface area contributed by atoms with E-state index < -0.39 is 6.03 Å². The van der Waals surface area contributed by atoms with Gasteiger partial charge in [0.2, 0.25) is 0 Å². The summed E-state index contributed by atoms with van der Waals surface area (Å²) in [5, 5.41) is 2.60. The minimum Gasteiger partial charge on any atom is -0.352 e. The molecule has 0 aliphatic rings. The van der Waals surface area contributed by atoms with Crippen molar-refractivity contribution < 1.29 is 4.79 Å². The van der Waals surface area contributed by atoms with Gasteiger partial charge in [0.25, 0.3) is 0 Å². The lowest BCUT2D eigenvalue weighted by atomic mass is 10.1. The van der Waals surface area contributed by atoms with E-state index in [0.717, 1.165) is 13.0 Å². The molecular formula is C11H24N2O. The van der Waals surface area contributed by atoms with Crippen LogP contribution in [0.25, 0.3) is 0 Å². The topological polar surface area (TPSA) is 55.1 Å². The highest BCUT2D eigenvalue weighted by atomic mass is 16.2. The predicted octanol–water partition coefficient (Wildman–Crippen LogP) is 2.80. The van der Waals surface area contributed by atoms with Crippen molar-refractivity contribution in [2.45, 2.75) is 58.3 Å². The summed E-state index contributed by atoms with van der Waals surface area (Å²) in [6.07, 6.45) is 10.3. The van der Waals surface area contributed by atoms with E-state index in [2.05, 4.69) is 12.2 Å². The van der Waals surface area contributed by atoms with Crippen molar-refractivity contribution in [3.8, 4) is 0 Å². The van der Waals surface area contributed by atoms with Crippen molar-refractivity contribution in [1.29, 1.82) is 0 Å². The van der Waals surface area contributed by atoms with E-state index in [1.807, 2.05) is 0 Å². The standard InChI is InChI=1S/C11H24N2O/c1-2-3-4-5-6-7-8-9-10-13-11(12)14/h2-10H2,1H3,(H3,12,13,14). The lowest BCUT2D eigenvalue weighted by Gasteiger charge is -2.02. The molecule has 2 amide bonds. The molecule has 0 bridgehead atoms. The van der Waals surface area contributed by atoms with Gasteiger partial charge in [-0.3, -0.25) is 0 Å². The molecule has 0 rings (SSSR count). The Bertz CT molecular complexity index is 137. The normalized spacial score (nSPS) is 10.1. The van der Waals surface area contributed by atoms with Crippen LogP contribution in [0.2, 0.25) is 0 Å². The molecule has 0 aliphatic carbocycles. The zero-order chi connectivity index (χ0) is 10.6. The number of hydrogen-bond donors (Lipinski definition) is 2. The minimum atomic E-state index is -0.409. The van der Waals surface area contributed by atoms with E-state index >= 15 is 0 Å². The van der Waals surface area contributed by atoms with Crippen LogP contribution in [0.1, 0.15) is 58.3 Å². The van der Waals surface area contributed by atoms with Crippen molar-refractivity contribution in [3.05, 3.63) is 0 Å². The molecule has 14 heavy (non-hydrogen) atoms. The first-order valence-corrected chi connectivity index (χ1v) is 5.80. The number of carbonyl (C=O) groups excluding carboxylic acids is 1. The van der Waals surface area contributed by atoms with Crippen LogP contribution in [-0.2, 0) is 0 Å². The van der Waals surface area contributed by atoms with Gasteiger partial charge in [0.15, 0.2) is 0 Å². The van der Waals surface area contributed by atoms with Gasteiger partial charge < -0.3 is 11.1 Å². The summed E-state index contributed by atoms with van der Waals surface area (Å²) in [6.45, 7) is 2.96. The second-order valence-corrected chi connectivity index (χ2v) is 3.77. The molecular weight excluding hydrogens is 176 g/mol. The molecule has 0 aliphatic heterocycles. The fourth-order valence-electron chi connectivity index (χ4n) is 1.47. The Morgan fingerprint density at radius 3 is 2.00 bits per heavy atom. The molecule has 0 fully saturated rings. The first-order valence-electron chi connectivity index (χ1n) is 5.80. The molecule has 0 aromatic rings. The molecule has 0 atom stereocenters. The Morgan fingerprint density at radius 1 is 1.00 bits per heavy atom. The molecule has 0 unspecified atom stereocenters. The molecule has 3 nitrogen and oxygen atoms in total. The number of urea groups is 1. The third kappa shape index (κ3) is 11.3. The van der Waals surface area contributed by atoms with Crippen LogP contribution in [0.3, 0.4) is 0 Å². The van der Waals surface area contributed by atoms with Crippen molar-refractivity contribution in [2.24, 2.45) is 5.73 Å². The lowest BCUT2D eigenvalue weighted by Crippen LogP contribution is -2.29.